The zero-order valence-corrected chi connectivity index (χ0v) is 11.1. The largest absolute Gasteiger partial charge is 0.497 e. The maximum atomic E-state index is 12.1. The monoisotopic (exact) mass is 261 g/mol. The molecule has 0 aromatic heterocycles. The van der Waals surface area contributed by atoms with Crippen molar-refractivity contribution in [3.8, 4) is 5.75 Å². The summed E-state index contributed by atoms with van der Waals surface area (Å²) in [6.07, 6.45) is 4.37. The summed E-state index contributed by atoms with van der Waals surface area (Å²) in [6.45, 7) is 0. The molecule has 2 bridgehead atoms. The molecule has 2 heterocycles. The van der Waals surface area contributed by atoms with E-state index in [0.717, 1.165) is 18.6 Å². The van der Waals surface area contributed by atoms with Gasteiger partial charge in [0.2, 0.25) is 0 Å². The van der Waals surface area contributed by atoms with Crippen LogP contribution < -0.4 is 10.1 Å². The third-order valence-corrected chi connectivity index (χ3v) is 4.03. The van der Waals surface area contributed by atoms with Crippen LogP contribution in [0, 0.1) is 0 Å². The third-order valence-electron chi connectivity index (χ3n) is 4.03. The van der Waals surface area contributed by atoms with Crippen LogP contribution in [0.25, 0.3) is 0 Å². The van der Waals surface area contributed by atoms with Gasteiger partial charge in [-0.25, -0.2) is 4.79 Å². The molecule has 1 aromatic carbocycles. The van der Waals surface area contributed by atoms with Crippen molar-refractivity contribution in [1.29, 1.82) is 0 Å². The zero-order valence-electron chi connectivity index (χ0n) is 11.1. The van der Waals surface area contributed by atoms with Crippen molar-refractivity contribution in [2.75, 3.05) is 7.11 Å². The van der Waals surface area contributed by atoms with Gasteiger partial charge in [-0.2, -0.15) is 0 Å². The lowest BCUT2D eigenvalue weighted by molar-refractivity contribution is 0.0177. The van der Waals surface area contributed by atoms with Crippen LogP contribution in [-0.4, -0.2) is 31.3 Å². The normalized spacial score (nSPS) is 29.0. The Hall–Kier alpha value is -1.55. The lowest BCUT2D eigenvalue weighted by Gasteiger charge is -2.28. The van der Waals surface area contributed by atoms with Crippen LogP contribution >= 0.6 is 0 Å². The number of carbonyl (C=O) groups is 1. The maximum Gasteiger partial charge on any atom is 0.338 e. The van der Waals surface area contributed by atoms with Gasteiger partial charge in [-0.05, 0) is 49.9 Å². The van der Waals surface area contributed by atoms with Gasteiger partial charge in [0.25, 0.3) is 0 Å². The van der Waals surface area contributed by atoms with Gasteiger partial charge in [0, 0.05) is 12.1 Å². The van der Waals surface area contributed by atoms with E-state index in [4.69, 9.17) is 9.47 Å². The Morgan fingerprint density at radius 2 is 1.79 bits per heavy atom. The van der Waals surface area contributed by atoms with Crippen LogP contribution in [0.1, 0.15) is 36.0 Å². The second-order valence-corrected chi connectivity index (χ2v) is 5.37. The molecule has 1 aromatic rings. The van der Waals surface area contributed by atoms with Crippen molar-refractivity contribution in [2.24, 2.45) is 0 Å². The van der Waals surface area contributed by atoms with Crippen LogP contribution in [0.4, 0.5) is 0 Å². The minimum absolute atomic E-state index is 0.0633. The molecule has 2 unspecified atom stereocenters. The summed E-state index contributed by atoms with van der Waals surface area (Å²) in [7, 11) is 1.61. The number of hydrogen-bond donors (Lipinski definition) is 1. The molecule has 2 saturated heterocycles. The summed E-state index contributed by atoms with van der Waals surface area (Å²) in [4.78, 5) is 12.1. The summed E-state index contributed by atoms with van der Waals surface area (Å²) in [6, 6.07) is 8.12. The van der Waals surface area contributed by atoms with Gasteiger partial charge in [0.1, 0.15) is 11.9 Å². The van der Waals surface area contributed by atoms with E-state index in [1.54, 1.807) is 31.4 Å². The van der Waals surface area contributed by atoms with Crippen molar-refractivity contribution in [2.45, 2.75) is 43.9 Å². The number of methoxy groups -OCH3 is 1. The first-order chi connectivity index (χ1) is 9.24. The predicted molar refractivity (Wildman–Crippen MR) is 71.4 cm³/mol. The quantitative estimate of drug-likeness (QED) is 0.847. The summed E-state index contributed by atoms with van der Waals surface area (Å²) < 4.78 is 10.7. The first-order valence-electron chi connectivity index (χ1n) is 6.85. The third kappa shape index (κ3) is 2.73. The molecule has 2 aliphatic heterocycles. The number of ether oxygens (including phenoxy) is 2. The molecule has 19 heavy (non-hydrogen) atoms. The minimum atomic E-state index is -0.228. The number of piperidine rings is 1. The molecule has 102 valence electrons. The second kappa shape index (κ2) is 5.21. The highest BCUT2D eigenvalue weighted by atomic mass is 16.5. The fourth-order valence-corrected chi connectivity index (χ4v) is 3.05. The van der Waals surface area contributed by atoms with Crippen LogP contribution in [-0.2, 0) is 4.74 Å². The van der Waals surface area contributed by atoms with Crippen LogP contribution in [0.3, 0.4) is 0 Å². The number of fused-ring (bicyclic) bond motifs is 2. The molecule has 2 fully saturated rings. The number of carbonyl (C=O) groups excluding carboxylic acids is 1. The Morgan fingerprint density at radius 1 is 1.16 bits per heavy atom. The van der Waals surface area contributed by atoms with Crippen LogP contribution in [0.5, 0.6) is 5.75 Å². The molecule has 0 saturated carbocycles. The molecule has 3 rings (SSSR count). The Labute approximate surface area is 113 Å². The standard InChI is InChI=1S/C15H19NO3/c1-18-13-6-2-10(3-7-13)15(17)19-14-8-11-4-5-12(9-14)16-11/h2-3,6-7,11-12,14,16H,4-5,8-9H2,1H3. The van der Waals surface area contributed by atoms with E-state index in [2.05, 4.69) is 5.32 Å². The highest BCUT2D eigenvalue weighted by Crippen LogP contribution is 2.29. The van der Waals surface area contributed by atoms with Gasteiger partial charge in [-0.1, -0.05) is 0 Å². The van der Waals surface area contributed by atoms with Gasteiger partial charge in [0.05, 0.1) is 12.7 Å². The second-order valence-electron chi connectivity index (χ2n) is 5.37. The smallest absolute Gasteiger partial charge is 0.338 e. The molecule has 0 spiro atoms. The van der Waals surface area contributed by atoms with Gasteiger partial charge in [0.15, 0.2) is 0 Å². The van der Waals surface area contributed by atoms with E-state index in [1.165, 1.54) is 12.8 Å². The zero-order chi connectivity index (χ0) is 13.2. The van der Waals surface area contributed by atoms with Crippen molar-refractivity contribution >= 4 is 5.97 Å². The number of nitrogens with one attached hydrogen (secondary N) is 1. The van der Waals surface area contributed by atoms with E-state index < -0.39 is 0 Å². The number of esters is 1. The highest BCUT2D eigenvalue weighted by molar-refractivity contribution is 5.89. The Bertz CT molecular complexity index is 445. The molecular formula is C15H19NO3. The topological polar surface area (TPSA) is 47.6 Å². The summed E-state index contributed by atoms with van der Waals surface area (Å²) in [5.41, 5.74) is 0.590. The van der Waals surface area contributed by atoms with E-state index >= 15 is 0 Å². The first kappa shape index (κ1) is 12.5. The molecule has 4 nitrogen and oxygen atoms in total. The number of hydrogen-bond acceptors (Lipinski definition) is 4. The average molecular weight is 261 g/mol. The molecule has 2 aliphatic rings. The Balaban J connectivity index is 1.61. The molecule has 0 radical (unpaired) electrons. The van der Waals surface area contributed by atoms with E-state index in [-0.39, 0.29) is 12.1 Å². The van der Waals surface area contributed by atoms with Gasteiger partial charge in [-0.3, -0.25) is 0 Å². The summed E-state index contributed by atoms with van der Waals surface area (Å²) >= 11 is 0. The van der Waals surface area contributed by atoms with Gasteiger partial charge in [-0.15, -0.1) is 0 Å². The van der Waals surface area contributed by atoms with E-state index in [0.29, 0.717) is 17.6 Å². The molecular weight excluding hydrogens is 242 g/mol. The number of benzene rings is 1. The molecule has 1 N–H and O–H groups in total. The fourth-order valence-electron chi connectivity index (χ4n) is 3.05. The van der Waals surface area contributed by atoms with E-state index in [1.807, 2.05) is 0 Å². The SMILES string of the molecule is COc1ccc(C(=O)OC2CC3CCC(C2)N3)cc1. The first-order valence-corrected chi connectivity index (χ1v) is 6.85. The van der Waals surface area contributed by atoms with Gasteiger partial charge < -0.3 is 14.8 Å². The van der Waals surface area contributed by atoms with Crippen molar-refractivity contribution in [3.63, 3.8) is 0 Å². The highest BCUT2D eigenvalue weighted by Gasteiger charge is 2.35. The molecule has 4 heteroatoms. The molecule has 2 atom stereocenters. The van der Waals surface area contributed by atoms with Crippen molar-refractivity contribution in [3.05, 3.63) is 29.8 Å². The van der Waals surface area contributed by atoms with Crippen molar-refractivity contribution < 1.29 is 14.3 Å². The summed E-state index contributed by atoms with van der Waals surface area (Å²) in [5.74, 6) is 0.519. The van der Waals surface area contributed by atoms with E-state index in [9.17, 15) is 4.79 Å². The maximum absolute atomic E-state index is 12.1. The lowest BCUT2D eigenvalue weighted by atomic mass is 10.0. The summed E-state index contributed by atoms with van der Waals surface area (Å²) in [5, 5.41) is 3.54. The molecule has 0 aliphatic carbocycles. The fraction of sp³-hybridized carbons (Fsp3) is 0.533. The Kier molecular flexibility index (Phi) is 3.42. The van der Waals surface area contributed by atoms with Crippen molar-refractivity contribution in [1.82, 2.24) is 5.32 Å². The Morgan fingerprint density at radius 3 is 2.37 bits per heavy atom. The average Bonchev–Trinajstić information content (AvgIpc) is 2.78. The lowest BCUT2D eigenvalue weighted by Crippen LogP contribution is -2.42. The number of rotatable bonds is 3. The van der Waals surface area contributed by atoms with Crippen LogP contribution in [0.2, 0.25) is 0 Å². The molecule has 0 amide bonds. The van der Waals surface area contributed by atoms with Gasteiger partial charge >= 0.3 is 5.97 Å². The van der Waals surface area contributed by atoms with Crippen LogP contribution in [0.15, 0.2) is 24.3 Å². The predicted octanol–water partition coefficient (Wildman–Crippen LogP) is 2.13. The minimum Gasteiger partial charge on any atom is -0.497 e.